The third-order valence-corrected chi connectivity index (χ3v) is 7.92. The fourth-order valence-electron chi connectivity index (χ4n) is 4.67. The topological polar surface area (TPSA) is 58.3 Å². The number of nitrogens with two attached hydrogens (primary N) is 1. The summed E-state index contributed by atoms with van der Waals surface area (Å²) < 4.78 is 1.37. The van der Waals surface area contributed by atoms with Gasteiger partial charge in [0.05, 0.1) is 0 Å². The Kier molecular flexibility index (Phi) is 5.57. The summed E-state index contributed by atoms with van der Waals surface area (Å²) in [6.07, 6.45) is 4.75. The van der Waals surface area contributed by atoms with E-state index in [4.69, 9.17) is 5.73 Å². The van der Waals surface area contributed by atoms with Gasteiger partial charge >= 0.3 is 0 Å². The Morgan fingerprint density at radius 2 is 1.94 bits per heavy atom. The van der Waals surface area contributed by atoms with Crippen molar-refractivity contribution in [3.8, 4) is 11.1 Å². The molecule has 2 aromatic heterocycles. The van der Waals surface area contributed by atoms with Gasteiger partial charge in [0.15, 0.2) is 0 Å². The molecule has 6 heteroatoms. The molecule has 0 amide bonds. The van der Waals surface area contributed by atoms with Crippen molar-refractivity contribution in [1.29, 1.82) is 0 Å². The molecule has 1 aliphatic rings. The van der Waals surface area contributed by atoms with Crippen LogP contribution in [-0.2, 0) is 0 Å². The first-order valence-electron chi connectivity index (χ1n) is 11.1. The smallest absolute Gasteiger partial charge is 0.219 e. The highest BCUT2D eigenvalue weighted by Crippen LogP contribution is 2.33. The van der Waals surface area contributed by atoms with Crippen LogP contribution in [0.4, 0.5) is 11.6 Å². The Labute approximate surface area is 193 Å². The standard InChI is InChI=1S/C26H29N5S/c1-17-16-32-25-8-7-22(12-24(17)25)31-10-9-23(15-31)30(3)18(2)19-5-4-6-20(11-19)21-13-28-26(27)29-14-21/h4-8,11-14,16,18,23H,9-10,15H2,1-3H3,(H2,27,28,29)/t18-,23-/m0/s1. The Balaban J connectivity index is 1.31. The van der Waals surface area contributed by atoms with Crippen molar-refractivity contribution in [1.82, 2.24) is 14.9 Å². The second kappa shape index (κ2) is 8.52. The van der Waals surface area contributed by atoms with E-state index in [1.807, 2.05) is 11.3 Å². The number of nitrogen functional groups attached to an aromatic ring is 1. The van der Waals surface area contributed by atoms with E-state index in [0.717, 1.165) is 24.2 Å². The molecule has 0 bridgehead atoms. The van der Waals surface area contributed by atoms with Crippen LogP contribution in [-0.4, -0.2) is 41.0 Å². The molecule has 164 valence electrons. The first-order chi connectivity index (χ1) is 15.5. The molecule has 5 nitrogen and oxygen atoms in total. The van der Waals surface area contributed by atoms with Gasteiger partial charge in [-0.15, -0.1) is 11.3 Å². The van der Waals surface area contributed by atoms with Gasteiger partial charge in [0.1, 0.15) is 0 Å². The third-order valence-electron chi connectivity index (χ3n) is 6.84. The number of benzene rings is 2. The fourth-order valence-corrected chi connectivity index (χ4v) is 5.59. The van der Waals surface area contributed by atoms with Crippen LogP contribution >= 0.6 is 11.3 Å². The van der Waals surface area contributed by atoms with Crippen LogP contribution in [0.25, 0.3) is 21.2 Å². The van der Waals surface area contributed by atoms with Crippen LogP contribution in [0.5, 0.6) is 0 Å². The number of hydrogen-bond donors (Lipinski definition) is 1. The minimum absolute atomic E-state index is 0.303. The zero-order valence-corrected chi connectivity index (χ0v) is 19.6. The highest BCUT2D eigenvalue weighted by atomic mass is 32.1. The quantitative estimate of drug-likeness (QED) is 0.440. The molecule has 3 heterocycles. The number of nitrogens with zero attached hydrogens (tertiary/aromatic N) is 4. The number of thiophene rings is 1. The van der Waals surface area contributed by atoms with Gasteiger partial charge in [0.2, 0.25) is 5.95 Å². The van der Waals surface area contributed by atoms with E-state index in [9.17, 15) is 0 Å². The fraction of sp³-hybridized carbons (Fsp3) is 0.308. The maximum atomic E-state index is 5.64. The summed E-state index contributed by atoms with van der Waals surface area (Å²) in [6.45, 7) is 6.65. The van der Waals surface area contributed by atoms with Gasteiger partial charge < -0.3 is 10.6 Å². The van der Waals surface area contributed by atoms with E-state index in [2.05, 4.69) is 88.5 Å². The number of likely N-dealkylation sites (N-methyl/N-ethyl adjacent to an activating group) is 1. The number of anilines is 2. The molecule has 5 rings (SSSR count). The molecule has 0 aliphatic carbocycles. The Morgan fingerprint density at radius 3 is 2.75 bits per heavy atom. The second-order valence-corrected chi connectivity index (χ2v) is 9.70. The largest absolute Gasteiger partial charge is 0.370 e. The van der Waals surface area contributed by atoms with Gasteiger partial charge in [0.25, 0.3) is 0 Å². The van der Waals surface area contributed by atoms with Gasteiger partial charge in [-0.3, -0.25) is 4.90 Å². The summed E-state index contributed by atoms with van der Waals surface area (Å²) in [6, 6.07) is 16.4. The lowest BCUT2D eigenvalue weighted by molar-refractivity contribution is 0.198. The lowest BCUT2D eigenvalue weighted by Crippen LogP contribution is -2.36. The van der Waals surface area contributed by atoms with Gasteiger partial charge in [-0.05, 0) is 79.0 Å². The Morgan fingerprint density at radius 1 is 1.12 bits per heavy atom. The molecule has 0 saturated carbocycles. The number of hydrogen-bond acceptors (Lipinski definition) is 6. The molecule has 2 N–H and O–H groups in total. The summed E-state index contributed by atoms with van der Waals surface area (Å²) in [4.78, 5) is 13.3. The van der Waals surface area contributed by atoms with Crippen molar-refractivity contribution in [3.63, 3.8) is 0 Å². The Hall–Kier alpha value is -2.96. The van der Waals surface area contributed by atoms with Crippen molar-refractivity contribution < 1.29 is 0 Å². The van der Waals surface area contributed by atoms with Gasteiger partial charge in [-0.1, -0.05) is 18.2 Å². The normalized spacial score (nSPS) is 17.4. The monoisotopic (exact) mass is 443 g/mol. The zero-order valence-electron chi connectivity index (χ0n) is 18.8. The van der Waals surface area contributed by atoms with E-state index in [0.29, 0.717) is 18.0 Å². The molecule has 2 atom stereocenters. The first kappa shape index (κ1) is 20.9. The average Bonchev–Trinajstić information content (AvgIpc) is 3.46. The molecule has 0 radical (unpaired) electrons. The van der Waals surface area contributed by atoms with Crippen molar-refractivity contribution in [3.05, 3.63) is 71.4 Å². The highest BCUT2D eigenvalue weighted by molar-refractivity contribution is 7.17. The number of fused-ring (bicyclic) bond motifs is 1. The van der Waals surface area contributed by atoms with E-state index in [1.54, 1.807) is 12.4 Å². The molecule has 4 aromatic rings. The van der Waals surface area contributed by atoms with Gasteiger partial charge in [-0.25, -0.2) is 9.97 Å². The van der Waals surface area contributed by atoms with Crippen molar-refractivity contribution in [2.75, 3.05) is 30.8 Å². The van der Waals surface area contributed by atoms with Crippen LogP contribution in [0.3, 0.4) is 0 Å². The van der Waals surface area contributed by atoms with Crippen molar-refractivity contribution >= 4 is 33.1 Å². The summed E-state index contributed by atoms with van der Waals surface area (Å²) in [5.41, 5.74) is 11.8. The molecular formula is C26H29N5S. The van der Waals surface area contributed by atoms with Gasteiger partial charge in [-0.2, -0.15) is 0 Å². The summed E-state index contributed by atoms with van der Waals surface area (Å²) in [5, 5.41) is 3.64. The van der Waals surface area contributed by atoms with Crippen LogP contribution in [0.15, 0.2) is 60.2 Å². The maximum Gasteiger partial charge on any atom is 0.219 e. The van der Waals surface area contributed by atoms with Crippen molar-refractivity contribution in [2.24, 2.45) is 0 Å². The molecular weight excluding hydrogens is 414 g/mol. The third kappa shape index (κ3) is 3.96. The molecule has 1 fully saturated rings. The van der Waals surface area contributed by atoms with E-state index >= 15 is 0 Å². The van der Waals surface area contributed by atoms with E-state index in [1.165, 1.54) is 33.3 Å². The predicted octanol–water partition coefficient (Wildman–Crippen LogP) is 5.52. The highest BCUT2D eigenvalue weighted by Gasteiger charge is 2.29. The van der Waals surface area contributed by atoms with Crippen LogP contribution in [0, 0.1) is 6.92 Å². The van der Waals surface area contributed by atoms with Crippen LogP contribution in [0.1, 0.15) is 30.5 Å². The molecule has 2 aromatic carbocycles. The number of rotatable bonds is 5. The summed E-state index contributed by atoms with van der Waals surface area (Å²) in [5.74, 6) is 0.303. The molecule has 1 saturated heterocycles. The minimum atomic E-state index is 0.303. The SMILES string of the molecule is Cc1csc2ccc(N3CC[C@H](N(C)[C@@H](C)c4cccc(-c5cnc(N)nc5)c4)C3)cc12. The summed E-state index contributed by atoms with van der Waals surface area (Å²) >= 11 is 1.83. The van der Waals surface area contributed by atoms with E-state index in [-0.39, 0.29) is 0 Å². The zero-order chi connectivity index (χ0) is 22.2. The van der Waals surface area contributed by atoms with Crippen LogP contribution in [0.2, 0.25) is 0 Å². The van der Waals surface area contributed by atoms with E-state index < -0.39 is 0 Å². The predicted molar refractivity (Wildman–Crippen MR) is 135 cm³/mol. The second-order valence-electron chi connectivity index (χ2n) is 8.78. The number of aryl methyl sites for hydroxylation is 1. The Bertz CT molecular complexity index is 1230. The molecule has 0 spiro atoms. The molecule has 1 aliphatic heterocycles. The lowest BCUT2D eigenvalue weighted by atomic mass is 10.00. The number of aromatic nitrogens is 2. The van der Waals surface area contributed by atoms with Gasteiger partial charge in [0, 0.05) is 53.5 Å². The summed E-state index contributed by atoms with van der Waals surface area (Å²) in [7, 11) is 2.25. The average molecular weight is 444 g/mol. The first-order valence-corrected chi connectivity index (χ1v) is 12.0. The van der Waals surface area contributed by atoms with Crippen LogP contribution < -0.4 is 10.6 Å². The lowest BCUT2D eigenvalue weighted by Gasteiger charge is -2.31. The van der Waals surface area contributed by atoms with Crippen molar-refractivity contribution in [2.45, 2.75) is 32.4 Å². The molecule has 32 heavy (non-hydrogen) atoms. The maximum absolute atomic E-state index is 5.64. The molecule has 0 unspecified atom stereocenters. The minimum Gasteiger partial charge on any atom is -0.370 e.